The van der Waals surface area contributed by atoms with Gasteiger partial charge in [-0.25, -0.2) is 0 Å². The van der Waals surface area contributed by atoms with Crippen LogP contribution in [0.2, 0.25) is 0 Å². The normalized spacial score (nSPS) is 22.0. The van der Waals surface area contributed by atoms with Gasteiger partial charge in [-0.2, -0.15) is 0 Å². The topological polar surface area (TPSA) is 50.7 Å². The Morgan fingerprint density at radius 2 is 1.89 bits per heavy atom. The maximum atomic E-state index is 9.83. The van der Waals surface area contributed by atoms with Gasteiger partial charge in [0.05, 0.1) is 25.4 Å². The lowest BCUT2D eigenvalue weighted by Gasteiger charge is -2.23. The number of methoxy groups -OCH3 is 1. The van der Waals surface area contributed by atoms with Crippen LogP contribution in [-0.2, 0) is 9.47 Å². The summed E-state index contributed by atoms with van der Waals surface area (Å²) in [6.07, 6.45) is 4.97. The van der Waals surface area contributed by atoms with Gasteiger partial charge in [-0.05, 0) is 32.6 Å². The molecule has 0 aromatic carbocycles. The molecule has 1 aliphatic rings. The van der Waals surface area contributed by atoms with Crippen molar-refractivity contribution in [1.29, 1.82) is 0 Å². The van der Waals surface area contributed by atoms with Crippen LogP contribution in [0.4, 0.5) is 0 Å². The zero-order valence-corrected chi connectivity index (χ0v) is 12.0. The van der Waals surface area contributed by atoms with E-state index in [-0.39, 0.29) is 6.10 Å². The minimum absolute atomic E-state index is 0.0388. The summed E-state index contributed by atoms with van der Waals surface area (Å²) in [7, 11) is 1.65. The largest absolute Gasteiger partial charge is 0.389 e. The number of ether oxygens (including phenoxy) is 2. The minimum atomic E-state index is -0.437. The zero-order chi connectivity index (χ0) is 13.4. The second-order valence-electron chi connectivity index (χ2n) is 5.49. The van der Waals surface area contributed by atoms with Crippen molar-refractivity contribution in [3.8, 4) is 0 Å². The van der Waals surface area contributed by atoms with E-state index in [1.165, 1.54) is 25.7 Å². The van der Waals surface area contributed by atoms with E-state index < -0.39 is 6.10 Å². The van der Waals surface area contributed by atoms with Gasteiger partial charge >= 0.3 is 0 Å². The molecule has 0 heterocycles. The Morgan fingerprint density at radius 3 is 2.50 bits per heavy atom. The van der Waals surface area contributed by atoms with Crippen LogP contribution in [0.5, 0.6) is 0 Å². The third-order valence-electron chi connectivity index (χ3n) is 3.76. The number of hydrogen-bond donors (Lipinski definition) is 2. The number of aliphatic hydroxyl groups is 1. The molecule has 1 saturated carbocycles. The Balaban J connectivity index is 2.06. The van der Waals surface area contributed by atoms with Crippen LogP contribution in [0.1, 0.15) is 39.5 Å². The fourth-order valence-electron chi connectivity index (χ4n) is 2.56. The average Bonchev–Trinajstić information content (AvgIpc) is 2.87. The number of nitrogens with one attached hydrogen (secondary N) is 1. The quantitative estimate of drug-likeness (QED) is 0.660. The van der Waals surface area contributed by atoms with Crippen molar-refractivity contribution in [1.82, 2.24) is 5.32 Å². The molecule has 1 aliphatic carbocycles. The van der Waals surface area contributed by atoms with Crippen molar-refractivity contribution >= 4 is 0 Å². The Morgan fingerprint density at radius 1 is 1.22 bits per heavy atom. The molecule has 18 heavy (non-hydrogen) atoms. The summed E-state index contributed by atoms with van der Waals surface area (Å²) >= 11 is 0. The van der Waals surface area contributed by atoms with Crippen molar-refractivity contribution in [3.63, 3.8) is 0 Å². The number of aliphatic hydroxyl groups excluding tert-OH is 1. The third-order valence-corrected chi connectivity index (χ3v) is 3.76. The Hall–Kier alpha value is -0.160. The molecule has 0 aliphatic heterocycles. The molecule has 0 saturated heterocycles. The minimum Gasteiger partial charge on any atom is -0.389 e. The smallest absolute Gasteiger partial charge is 0.0897 e. The molecular formula is C14H29NO3. The first-order valence-corrected chi connectivity index (χ1v) is 7.15. The molecule has 3 atom stereocenters. The molecule has 108 valence electrons. The average molecular weight is 259 g/mol. The van der Waals surface area contributed by atoms with Gasteiger partial charge in [-0.3, -0.25) is 0 Å². The van der Waals surface area contributed by atoms with Crippen molar-refractivity contribution < 1.29 is 14.6 Å². The monoisotopic (exact) mass is 259 g/mol. The standard InChI is InChI=1S/C14H29NO3/c1-11(9-17-3)18-10-14(16)8-15-12(2)13-6-4-5-7-13/h11-16H,4-10H2,1-3H3/t11?,12-,14?/m0/s1. The second kappa shape index (κ2) is 8.86. The summed E-state index contributed by atoms with van der Waals surface area (Å²) in [6.45, 7) is 5.72. The molecule has 4 heteroatoms. The summed E-state index contributed by atoms with van der Waals surface area (Å²) in [5.74, 6) is 0.783. The maximum absolute atomic E-state index is 9.83. The number of hydrogen-bond acceptors (Lipinski definition) is 4. The van der Waals surface area contributed by atoms with Crippen LogP contribution in [0, 0.1) is 5.92 Å². The van der Waals surface area contributed by atoms with Crippen LogP contribution in [0.25, 0.3) is 0 Å². The highest BCUT2D eigenvalue weighted by molar-refractivity contribution is 4.78. The molecule has 1 fully saturated rings. The molecule has 0 amide bonds. The lowest BCUT2D eigenvalue weighted by atomic mass is 10.00. The first-order valence-electron chi connectivity index (χ1n) is 7.15. The lowest BCUT2D eigenvalue weighted by Crippen LogP contribution is -2.39. The SMILES string of the molecule is COCC(C)OCC(O)CN[C@@H](C)C1CCCC1. The van der Waals surface area contributed by atoms with Crippen molar-refractivity contribution in [2.75, 3.05) is 26.9 Å². The molecule has 1 rings (SSSR count). The Kier molecular flexibility index (Phi) is 7.82. The highest BCUT2D eigenvalue weighted by Gasteiger charge is 2.21. The van der Waals surface area contributed by atoms with Crippen LogP contribution in [0.15, 0.2) is 0 Å². The maximum Gasteiger partial charge on any atom is 0.0897 e. The van der Waals surface area contributed by atoms with Crippen LogP contribution in [-0.4, -0.2) is 50.2 Å². The molecule has 2 unspecified atom stereocenters. The van der Waals surface area contributed by atoms with Crippen molar-refractivity contribution in [2.24, 2.45) is 5.92 Å². The van der Waals surface area contributed by atoms with Gasteiger partial charge in [-0.15, -0.1) is 0 Å². The van der Waals surface area contributed by atoms with Gasteiger partial charge in [-0.1, -0.05) is 12.8 Å². The molecular weight excluding hydrogens is 230 g/mol. The van der Waals surface area contributed by atoms with E-state index in [0.717, 1.165) is 5.92 Å². The van der Waals surface area contributed by atoms with Gasteiger partial charge in [0.2, 0.25) is 0 Å². The van der Waals surface area contributed by atoms with Crippen molar-refractivity contribution in [3.05, 3.63) is 0 Å². The molecule has 0 radical (unpaired) electrons. The zero-order valence-electron chi connectivity index (χ0n) is 12.0. The van der Waals surface area contributed by atoms with Gasteiger partial charge in [0.15, 0.2) is 0 Å². The van der Waals surface area contributed by atoms with Gasteiger partial charge < -0.3 is 19.9 Å². The first-order chi connectivity index (χ1) is 8.63. The molecule has 0 spiro atoms. The van der Waals surface area contributed by atoms with E-state index in [2.05, 4.69) is 12.2 Å². The van der Waals surface area contributed by atoms with E-state index in [0.29, 0.717) is 25.8 Å². The predicted octanol–water partition coefficient (Wildman–Crippen LogP) is 1.57. The fourth-order valence-corrected chi connectivity index (χ4v) is 2.56. The second-order valence-corrected chi connectivity index (χ2v) is 5.49. The summed E-state index contributed by atoms with van der Waals surface area (Å²) in [5, 5.41) is 13.2. The Bertz CT molecular complexity index is 207. The highest BCUT2D eigenvalue weighted by atomic mass is 16.5. The van der Waals surface area contributed by atoms with Gasteiger partial charge in [0, 0.05) is 19.7 Å². The third kappa shape index (κ3) is 6.14. The van der Waals surface area contributed by atoms with Gasteiger partial charge in [0.25, 0.3) is 0 Å². The summed E-state index contributed by atoms with van der Waals surface area (Å²) in [6, 6.07) is 0.499. The predicted molar refractivity (Wildman–Crippen MR) is 72.7 cm³/mol. The van der Waals surface area contributed by atoms with Crippen LogP contribution >= 0.6 is 0 Å². The lowest BCUT2D eigenvalue weighted by molar-refractivity contribution is -0.0318. The highest BCUT2D eigenvalue weighted by Crippen LogP contribution is 2.27. The van der Waals surface area contributed by atoms with Crippen LogP contribution in [0.3, 0.4) is 0 Å². The molecule has 0 bridgehead atoms. The summed E-state index contributed by atoms with van der Waals surface area (Å²) in [4.78, 5) is 0. The fraction of sp³-hybridized carbons (Fsp3) is 1.00. The number of rotatable bonds is 9. The molecule has 4 nitrogen and oxygen atoms in total. The molecule has 2 N–H and O–H groups in total. The molecule has 0 aromatic rings. The first kappa shape index (κ1) is 15.9. The summed E-state index contributed by atoms with van der Waals surface area (Å²) in [5.41, 5.74) is 0. The van der Waals surface area contributed by atoms with E-state index in [4.69, 9.17) is 9.47 Å². The van der Waals surface area contributed by atoms with E-state index in [1.807, 2.05) is 6.92 Å². The Labute approximate surface area is 111 Å². The summed E-state index contributed by atoms with van der Waals surface area (Å²) < 4.78 is 10.5. The van der Waals surface area contributed by atoms with Gasteiger partial charge in [0.1, 0.15) is 0 Å². The molecule has 0 aromatic heterocycles. The van der Waals surface area contributed by atoms with E-state index >= 15 is 0 Å². The van der Waals surface area contributed by atoms with E-state index in [1.54, 1.807) is 7.11 Å². The van der Waals surface area contributed by atoms with E-state index in [9.17, 15) is 5.11 Å². The van der Waals surface area contributed by atoms with Crippen LogP contribution < -0.4 is 5.32 Å². The van der Waals surface area contributed by atoms with Crippen molar-refractivity contribution in [2.45, 2.75) is 57.8 Å².